The lowest BCUT2D eigenvalue weighted by Gasteiger charge is -2.09. The average Bonchev–Trinajstić information content (AvgIpc) is 2.99. The van der Waals surface area contributed by atoms with E-state index >= 15 is 0 Å². The van der Waals surface area contributed by atoms with Gasteiger partial charge in [0.05, 0.1) is 4.92 Å². The van der Waals surface area contributed by atoms with Crippen molar-refractivity contribution in [2.24, 2.45) is 0 Å². The van der Waals surface area contributed by atoms with Gasteiger partial charge in [0.15, 0.2) is 17.2 Å². The summed E-state index contributed by atoms with van der Waals surface area (Å²) in [6.07, 6.45) is 0.547. The summed E-state index contributed by atoms with van der Waals surface area (Å²) in [6.45, 7) is 0.253. The summed E-state index contributed by atoms with van der Waals surface area (Å²) >= 11 is 3.40. The highest BCUT2D eigenvalue weighted by molar-refractivity contribution is 9.10. The van der Waals surface area contributed by atoms with Crippen LogP contribution in [0.3, 0.4) is 0 Å². The van der Waals surface area contributed by atoms with E-state index in [1.165, 1.54) is 18.2 Å². The highest BCUT2D eigenvalue weighted by atomic mass is 79.9. The second kappa shape index (κ2) is 6.25. The van der Waals surface area contributed by atoms with Crippen molar-refractivity contribution < 1.29 is 23.9 Å². The fourth-order valence-electron chi connectivity index (χ4n) is 2.10. The molecule has 1 aliphatic heterocycles. The minimum absolute atomic E-state index is 0.0881. The van der Waals surface area contributed by atoms with Crippen molar-refractivity contribution in [2.75, 3.05) is 6.79 Å². The molecule has 1 aliphatic rings. The van der Waals surface area contributed by atoms with E-state index < -0.39 is 4.92 Å². The Morgan fingerprint density at radius 2 is 2.00 bits per heavy atom. The molecule has 0 unspecified atom stereocenters. The predicted octanol–water partition coefficient (Wildman–Crippen LogP) is 3.48. The maximum absolute atomic E-state index is 11.1. The minimum atomic E-state index is -0.586. The number of nitro groups is 1. The van der Waals surface area contributed by atoms with Crippen LogP contribution < -0.4 is 14.2 Å². The molecule has 0 saturated carbocycles. The van der Waals surface area contributed by atoms with Crippen molar-refractivity contribution in [1.82, 2.24) is 0 Å². The number of hydrogen-bond acceptors (Lipinski definition) is 6. The molecule has 0 atom stereocenters. The second-order valence-corrected chi connectivity index (χ2v) is 5.54. The Hall–Kier alpha value is -2.61. The number of carbonyl (C=O) groups is 1. The van der Waals surface area contributed by atoms with Gasteiger partial charge in [-0.2, -0.15) is 0 Å². The number of carbonyl (C=O) groups excluding carboxylic acids is 1. The highest BCUT2D eigenvalue weighted by Crippen LogP contribution is 2.37. The van der Waals surface area contributed by atoms with Crippen LogP contribution in [0.2, 0.25) is 0 Å². The SMILES string of the molecule is O=Cc1ccc(OCc2cc3c(cc2Br)OCO3)c([N+](=O)[O-])c1. The van der Waals surface area contributed by atoms with Crippen LogP contribution in [-0.4, -0.2) is 18.0 Å². The van der Waals surface area contributed by atoms with Gasteiger partial charge < -0.3 is 14.2 Å². The zero-order valence-corrected chi connectivity index (χ0v) is 13.2. The smallest absolute Gasteiger partial charge is 0.311 e. The van der Waals surface area contributed by atoms with Crippen LogP contribution >= 0.6 is 15.9 Å². The largest absolute Gasteiger partial charge is 0.482 e. The molecule has 2 aromatic carbocycles. The van der Waals surface area contributed by atoms with Crippen molar-refractivity contribution in [3.8, 4) is 17.2 Å². The minimum Gasteiger partial charge on any atom is -0.482 e. The Labute approximate surface area is 139 Å². The molecule has 0 saturated heterocycles. The maximum Gasteiger partial charge on any atom is 0.311 e. The normalized spacial score (nSPS) is 12.0. The van der Waals surface area contributed by atoms with Gasteiger partial charge in [0.25, 0.3) is 0 Å². The van der Waals surface area contributed by atoms with Crippen molar-refractivity contribution in [2.45, 2.75) is 6.61 Å². The molecular formula is C15H10BrNO6. The zero-order valence-electron chi connectivity index (χ0n) is 11.7. The van der Waals surface area contributed by atoms with E-state index in [2.05, 4.69) is 15.9 Å². The van der Waals surface area contributed by atoms with Crippen molar-refractivity contribution in [1.29, 1.82) is 0 Å². The van der Waals surface area contributed by atoms with Gasteiger partial charge in [-0.1, -0.05) is 15.9 Å². The van der Waals surface area contributed by atoms with Crippen LogP contribution in [-0.2, 0) is 6.61 Å². The van der Waals surface area contributed by atoms with E-state index in [0.29, 0.717) is 17.8 Å². The molecule has 0 radical (unpaired) electrons. The van der Waals surface area contributed by atoms with Gasteiger partial charge in [0.2, 0.25) is 6.79 Å². The molecule has 0 aliphatic carbocycles. The first-order valence-electron chi connectivity index (χ1n) is 6.53. The number of aldehydes is 1. The quantitative estimate of drug-likeness (QED) is 0.448. The van der Waals surface area contributed by atoms with Crippen molar-refractivity contribution >= 4 is 27.9 Å². The molecular weight excluding hydrogens is 370 g/mol. The molecule has 118 valence electrons. The molecule has 8 heteroatoms. The summed E-state index contributed by atoms with van der Waals surface area (Å²) in [5.41, 5.74) is 0.711. The summed E-state index contributed by atoms with van der Waals surface area (Å²) < 4.78 is 16.8. The second-order valence-electron chi connectivity index (χ2n) is 4.69. The van der Waals surface area contributed by atoms with E-state index in [9.17, 15) is 14.9 Å². The number of hydrogen-bond donors (Lipinski definition) is 0. The molecule has 0 fully saturated rings. The summed E-state index contributed by atoms with van der Waals surface area (Å²) in [6, 6.07) is 7.55. The standard InChI is InChI=1S/C15H10BrNO6/c16-11-5-15-14(22-8-23-15)4-10(11)7-21-13-2-1-9(6-18)3-12(13)17(19)20/h1-6H,7-8H2. The number of benzene rings is 2. The molecule has 1 heterocycles. The van der Waals surface area contributed by atoms with Crippen LogP contribution in [0.5, 0.6) is 17.2 Å². The lowest BCUT2D eigenvalue weighted by atomic mass is 10.2. The first-order valence-corrected chi connectivity index (χ1v) is 7.32. The van der Waals surface area contributed by atoms with E-state index in [4.69, 9.17) is 14.2 Å². The Morgan fingerprint density at radius 3 is 2.70 bits per heavy atom. The highest BCUT2D eigenvalue weighted by Gasteiger charge is 2.19. The van der Waals surface area contributed by atoms with Crippen LogP contribution in [0.15, 0.2) is 34.8 Å². The monoisotopic (exact) mass is 379 g/mol. The third-order valence-corrected chi connectivity index (χ3v) is 3.98. The topological polar surface area (TPSA) is 87.9 Å². The Bertz CT molecular complexity index is 792. The third-order valence-electron chi connectivity index (χ3n) is 3.24. The van der Waals surface area contributed by atoms with Gasteiger partial charge in [-0.15, -0.1) is 0 Å². The Morgan fingerprint density at radius 1 is 1.26 bits per heavy atom. The molecule has 0 bridgehead atoms. The molecule has 23 heavy (non-hydrogen) atoms. The molecule has 2 aromatic rings. The lowest BCUT2D eigenvalue weighted by Crippen LogP contribution is -2.00. The van der Waals surface area contributed by atoms with Crippen molar-refractivity contribution in [3.63, 3.8) is 0 Å². The summed E-state index contributed by atoms with van der Waals surface area (Å²) in [5.74, 6) is 1.31. The molecule has 0 spiro atoms. The molecule has 7 nitrogen and oxygen atoms in total. The number of fused-ring (bicyclic) bond motifs is 1. The van der Waals surface area contributed by atoms with E-state index in [0.717, 1.165) is 10.0 Å². The van der Waals surface area contributed by atoms with Gasteiger partial charge in [-0.05, 0) is 24.3 Å². The fourth-order valence-corrected chi connectivity index (χ4v) is 2.53. The molecule has 3 rings (SSSR count). The van der Waals surface area contributed by atoms with E-state index in [1.54, 1.807) is 12.1 Å². The average molecular weight is 380 g/mol. The van der Waals surface area contributed by atoms with Gasteiger partial charge in [0, 0.05) is 21.7 Å². The van der Waals surface area contributed by atoms with Crippen LogP contribution in [0.25, 0.3) is 0 Å². The van der Waals surface area contributed by atoms with Crippen LogP contribution in [0, 0.1) is 10.1 Å². The predicted molar refractivity (Wildman–Crippen MR) is 83.1 cm³/mol. The van der Waals surface area contributed by atoms with Gasteiger partial charge >= 0.3 is 5.69 Å². The molecule has 0 N–H and O–H groups in total. The summed E-state index contributed by atoms with van der Waals surface area (Å²) in [4.78, 5) is 21.2. The number of nitro benzene ring substituents is 1. The zero-order chi connectivity index (χ0) is 16.4. The Kier molecular flexibility index (Phi) is 4.16. The van der Waals surface area contributed by atoms with Gasteiger partial charge in [-0.25, -0.2) is 0 Å². The van der Waals surface area contributed by atoms with Gasteiger partial charge in [0.1, 0.15) is 12.9 Å². The number of halogens is 1. The van der Waals surface area contributed by atoms with Crippen LogP contribution in [0.1, 0.15) is 15.9 Å². The molecule has 0 aromatic heterocycles. The summed E-state index contributed by atoms with van der Waals surface area (Å²) in [7, 11) is 0. The Balaban J connectivity index is 1.84. The third kappa shape index (κ3) is 3.11. The fraction of sp³-hybridized carbons (Fsp3) is 0.133. The number of rotatable bonds is 5. The molecule has 0 amide bonds. The first-order chi connectivity index (χ1) is 11.1. The number of nitrogens with zero attached hydrogens (tertiary/aromatic N) is 1. The maximum atomic E-state index is 11.1. The van der Waals surface area contributed by atoms with E-state index in [-0.39, 0.29) is 30.4 Å². The summed E-state index contributed by atoms with van der Waals surface area (Å²) in [5, 5.41) is 11.1. The van der Waals surface area contributed by atoms with E-state index in [1.807, 2.05) is 0 Å². The number of ether oxygens (including phenoxy) is 3. The van der Waals surface area contributed by atoms with Gasteiger partial charge in [-0.3, -0.25) is 14.9 Å². The van der Waals surface area contributed by atoms with Crippen LogP contribution in [0.4, 0.5) is 5.69 Å². The first kappa shape index (κ1) is 15.3. The van der Waals surface area contributed by atoms with Crippen molar-refractivity contribution in [3.05, 3.63) is 56.0 Å². The lowest BCUT2D eigenvalue weighted by molar-refractivity contribution is -0.386.